The Morgan fingerprint density at radius 1 is 1.25 bits per heavy atom. The molecule has 0 spiro atoms. The molecule has 0 fully saturated rings. The number of nitrogen functional groups attached to an aromatic ring is 1. The van der Waals surface area contributed by atoms with Crippen LogP contribution in [-0.4, -0.2) is 19.6 Å². The number of benzene rings is 1. The standard InChI is InChI=1S/C13H9N5O2/c14-11-5-12-16-9(4-13(19)18(12)17-11)7-1-2-8-10(3-7)20-6-15-8/h1-6,17H,14H2. The van der Waals surface area contributed by atoms with Gasteiger partial charge in [-0.2, -0.15) is 4.52 Å². The first kappa shape index (κ1) is 10.8. The molecule has 3 N–H and O–H groups in total. The molecular weight excluding hydrogens is 258 g/mol. The third-order valence-electron chi connectivity index (χ3n) is 3.10. The first-order valence-electron chi connectivity index (χ1n) is 5.93. The minimum absolute atomic E-state index is 0.223. The van der Waals surface area contributed by atoms with Gasteiger partial charge in [0, 0.05) is 17.7 Å². The minimum Gasteiger partial charge on any atom is -0.443 e. The summed E-state index contributed by atoms with van der Waals surface area (Å²) in [5, 5.41) is 2.72. The first-order valence-corrected chi connectivity index (χ1v) is 5.93. The maximum Gasteiger partial charge on any atom is 0.273 e. The van der Waals surface area contributed by atoms with Gasteiger partial charge in [0.2, 0.25) is 0 Å². The van der Waals surface area contributed by atoms with E-state index in [0.717, 1.165) is 11.1 Å². The number of nitrogens with zero attached hydrogens (tertiary/aromatic N) is 3. The molecule has 4 rings (SSSR count). The van der Waals surface area contributed by atoms with Crippen LogP contribution in [-0.2, 0) is 0 Å². The highest BCUT2D eigenvalue weighted by Crippen LogP contribution is 2.22. The van der Waals surface area contributed by atoms with Gasteiger partial charge in [-0.15, -0.1) is 0 Å². The Labute approximate surface area is 111 Å². The maximum absolute atomic E-state index is 12.0. The summed E-state index contributed by atoms with van der Waals surface area (Å²) in [5.74, 6) is 0.387. The lowest BCUT2D eigenvalue weighted by Gasteiger charge is -2.00. The van der Waals surface area contributed by atoms with E-state index in [1.807, 2.05) is 12.1 Å². The van der Waals surface area contributed by atoms with E-state index in [-0.39, 0.29) is 5.56 Å². The van der Waals surface area contributed by atoms with Crippen molar-refractivity contribution in [3.63, 3.8) is 0 Å². The fourth-order valence-electron chi connectivity index (χ4n) is 2.17. The zero-order valence-electron chi connectivity index (χ0n) is 10.2. The fourth-order valence-corrected chi connectivity index (χ4v) is 2.17. The van der Waals surface area contributed by atoms with E-state index in [9.17, 15) is 4.79 Å². The molecule has 0 bridgehead atoms. The molecule has 0 saturated carbocycles. The fraction of sp³-hybridized carbons (Fsp3) is 0. The number of nitrogens with one attached hydrogen (secondary N) is 1. The van der Waals surface area contributed by atoms with E-state index in [1.165, 1.54) is 17.0 Å². The van der Waals surface area contributed by atoms with Crippen LogP contribution in [0.1, 0.15) is 0 Å². The normalized spacial score (nSPS) is 11.4. The van der Waals surface area contributed by atoms with Crippen LogP contribution < -0.4 is 11.3 Å². The minimum atomic E-state index is -0.223. The summed E-state index contributed by atoms with van der Waals surface area (Å²) < 4.78 is 6.55. The summed E-state index contributed by atoms with van der Waals surface area (Å²) >= 11 is 0. The van der Waals surface area contributed by atoms with Crippen LogP contribution >= 0.6 is 0 Å². The molecule has 3 heterocycles. The molecule has 3 aromatic heterocycles. The summed E-state index contributed by atoms with van der Waals surface area (Å²) in [4.78, 5) is 20.5. The van der Waals surface area contributed by atoms with Gasteiger partial charge in [0.05, 0.1) is 5.69 Å². The Bertz CT molecular complexity index is 995. The quantitative estimate of drug-likeness (QED) is 0.543. The molecule has 7 heteroatoms. The zero-order chi connectivity index (χ0) is 13.7. The van der Waals surface area contributed by atoms with Crippen LogP contribution in [0, 0.1) is 0 Å². The first-order chi connectivity index (χ1) is 9.70. The third kappa shape index (κ3) is 1.50. The predicted octanol–water partition coefficient (Wildman–Crippen LogP) is 1.41. The number of hydrogen-bond donors (Lipinski definition) is 2. The Morgan fingerprint density at radius 2 is 2.15 bits per heavy atom. The van der Waals surface area contributed by atoms with Crippen LogP contribution in [0.4, 0.5) is 5.82 Å². The third-order valence-corrected chi connectivity index (χ3v) is 3.10. The molecule has 4 aromatic rings. The van der Waals surface area contributed by atoms with Gasteiger partial charge >= 0.3 is 0 Å². The molecular formula is C13H9N5O2. The van der Waals surface area contributed by atoms with E-state index < -0.39 is 0 Å². The Kier molecular flexibility index (Phi) is 2.00. The van der Waals surface area contributed by atoms with E-state index in [4.69, 9.17) is 10.2 Å². The number of rotatable bonds is 1. The molecule has 0 aliphatic heterocycles. The van der Waals surface area contributed by atoms with E-state index >= 15 is 0 Å². The van der Waals surface area contributed by atoms with E-state index in [1.54, 1.807) is 12.1 Å². The summed E-state index contributed by atoms with van der Waals surface area (Å²) in [5.41, 5.74) is 8.64. The molecule has 0 aliphatic rings. The molecule has 20 heavy (non-hydrogen) atoms. The van der Waals surface area contributed by atoms with Gasteiger partial charge < -0.3 is 10.2 Å². The number of aromatic amines is 1. The van der Waals surface area contributed by atoms with Gasteiger partial charge in [0.15, 0.2) is 17.6 Å². The average molecular weight is 267 g/mol. The molecule has 0 aliphatic carbocycles. The Morgan fingerprint density at radius 3 is 3.05 bits per heavy atom. The highest BCUT2D eigenvalue weighted by molar-refractivity contribution is 5.79. The number of hydrogen-bond acceptors (Lipinski definition) is 5. The predicted molar refractivity (Wildman–Crippen MR) is 73.2 cm³/mol. The number of H-pyrrole nitrogens is 1. The molecule has 98 valence electrons. The highest BCUT2D eigenvalue weighted by atomic mass is 16.3. The number of oxazole rings is 1. The van der Waals surface area contributed by atoms with Crippen molar-refractivity contribution < 1.29 is 4.42 Å². The second kappa shape index (κ2) is 3.70. The Hall–Kier alpha value is -3.09. The van der Waals surface area contributed by atoms with Gasteiger partial charge in [-0.3, -0.25) is 9.89 Å². The zero-order valence-corrected chi connectivity index (χ0v) is 10.2. The molecule has 7 nitrogen and oxygen atoms in total. The highest BCUT2D eigenvalue weighted by Gasteiger charge is 2.08. The molecule has 1 aromatic carbocycles. The largest absolute Gasteiger partial charge is 0.443 e. The van der Waals surface area contributed by atoms with Crippen molar-refractivity contribution in [2.45, 2.75) is 0 Å². The lowest BCUT2D eigenvalue weighted by molar-refractivity contribution is 0.602. The van der Waals surface area contributed by atoms with Crippen LogP contribution in [0.25, 0.3) is 28.0 Å². The van der Waals surface area contributed by atoms with Crippen LogP contribution in [0.2, 0.25) is 0 Å². The summed E-state index contributed by atoms with van der Waals surface area (Å²) in [6, 6.07) is 8.53. The molecule has 0 amide bonds. The van der Waals surface area contributed by atoms with Crippen molar-refractivity contribution in [1.29, 1.82) is 0 Å². The van der Waals surface area contributed by atoms with Gasteiger partial charge in [-0.1, -0.05) is 6.07 Å². The maximum atomic E-state index is 12.0. The number of nitrogens with two attached hydrogens (primary N) is 1. The SMILES string of the molecule is Nc1cc2nc(-c3ccc4ncoc4c3)cc(=O)n2[nH]1. The van der Waals surface area contributed by atoms with Crippen molar-refractivity contribution >= 4 is 22.6 Å². The lowest BCUT2D eigenvalue weighted by atomic mass is 10.1. The van der Waals surface area contributed by atoms with Crippen molar-refractivity contribution in [2.75, 3.05) is 5.73 Å². The topological polar surface area (TPSA) is 102 Å². The van der Waals surface area contributed by atoms with Crippen LogP contribution in [0.15, 0.2) is 45.9 Å². The molecule has 0 atom stereocenters. The molecule has 0 saturated heterocycles. The van der Waals surface area contributed by atoms with E-state index in [2.05, 4.69) is 15.1 Å². The summed E-state index contributed by atoms with van der Waals surface area (Å²) in [6.45, 7) is 0. The van der Waals surface area contributed by atoms with Crippen molar-refractivity contribution in [1.82, 2.24) is 19.6 Å². The number of anilines is 1. The smallest absolute Gasteiger partial charge is 0.273 e. The van der Waals surface area contributed by atoms with Gasteiger partial charge in [0.1, 0.15) is 11.3 Å². The molecule has 0 unspecified atom stereocenters. The summed E-state index contributed by atoms with van der Waals surface area (Å²) in [6.07, 6.45) is 1.38. The number of fused-ring (bicyclic) bond motifs is 2. The number of aromatic nitrogens is 4. The summed E-state index contributed by atoms with van der Waals surface area (Å²) in [7, 11) is 0. The van der Waals surface area contributed by atoms with Gasteiger partial charge in [0.25, 0.3) is 5.56 Å². The lowest BCUT2D eigenvalue weighted by Crippen LogP contribution is -2.14. The second-order valence-electron chi connectivity index (χ2n) is 4.42. The van der Waals surface area contributed by atoms with Crippen molar-refractivity contribution in [2.24, 2.45) is 0 Å². The van der Waals surface area contributed by atoms with Crippen LogP contribution in [0.5, 0.6) is 0 Å². The van der Waals surface area contributed by atoms with Gasteiger partial charge in [-0.25, -0.2) is 9.97 Å². The van der Waals surface area contributed by atoms with Crippen molar-refractivity contribution in [3.8, 4) is 11.3 Å². The monoisotopic (exact) mass is 267 g/mol. The van der Waals surface area contributed by atoms with Crippen molar-refractivity contribution in [3.05, 3.63) is 47.1 Å². The van der Waals surface area contributed by atoms with Gasteiger partial charge in [-0.05, 0) is 12.1 Å². The van der Waals surface area contributed by atoms with E-state index in [0.29, 0.717) is 22.7 Å². The Balaban J connectivity index is 1.98. The van der Waals surface area contributed by atoms with Crippen LogP contribution in [0.3, 0.4) is 0 Å². The second-order valence-corrected chi connectivity index (χ2v) is 4.42. The molecule has 0 radical (unpaired) electrons. The average Bonchev–Trinajstić information content (AvgIpc) is 3.03.